The van der Waals surface area contributed by atoms with Gasteiger partial charge >= 0.3 is 0 Å². The van der Waals surface area contributed by atoms with Crippen LogP contribution in [-0.2, 0) is 4.74 Å². The van der Waals surface area contributed by atoms with E-state index in [-0.39, 0.29) is 12.2 Å². The van der Waals surface area contributed by atoms with Crippen LogP contribution in [0.25, 0.3) is 0 Å². The summed E-state index contributed by atoms with van der Waals surface area (Å²) < 4.78 is 5.04. The molecule has 1 saturated carbocycles. The Bertz CT molecular complexity index is 99.4. The van der Waals surface area contributed by atoms with E-state index in [0.29, 0.717) is 5.92 Å². The van der Waals surface area contributed by atoms with Gasteiger partial charge in [-0.1, -0.05) is 0 Å². The van der Waals surface area contributed by atoms with E-state index in [1.165, 1.54) is 12.8 Å². The summed E-state index contributed by atoms with van der Waals surface area (Å²) in [7, 11) is 1.68. The molecule has 0 aromatic rings. The maximum Gasteiger partial charge on any atom is 0.0593 e. The van der Waals surface area contributed by atoms with Crippen LogP contribution in [0.4, 0.5) is 0 Å². The minimum Gasteiger partial charge on any atom is -0.393 e. The Labute approximate surface area is 62.2 Å². The lowest BCUT2D eigenvalue weighted by molar-refractivity contribution is 0.0472. The first kappa shape index (κ1) is 8.02. The Morgan fingerprint density at radius 3 is 2.60 bits per heavy atom. The third kappa shape index (κ3) is 2.27. The quantitative estimate of drug-likeness (QED) is 0.642. The average molecular weight is 144 g/mol. The van der Waals surface area contributed by atoms with E-state index in [0.717, 1.165) is 6.42 Å². The maximum absolute atomic E-state index is 9.41. The Hall–Kier alpha value is -0.0800. The molecule has 0 bridgehead atoms. The number of hydrogen-bond acceptors (Lipinski definition) is 2. The van der Waals surface area contributed by atoms with E-state index >= 15 is 0 Å². The van der Waals surface area contributed by atoms with Crippen LogP contribution in [0.3, 0.4) is 0 Å². The molecule has 60 valence electrons. The van der Waals surface area contributed by atoms with Gasteiger partial charge in [0.1, 0.15) is 0 Å². The first-order valence-electron chi connectivity index (χ1n) is 3.95. The molecular weight excluding hydrogens is 128 g/mol. The molecular formula is C8H16O2. The molecule has 1 aliphatic rings. The van der Waals surface area contributed by atoms with Gasteiger partial charge in [-0.15, -0.1) is 0 Å². The van der Waals surface area contributed by atoms with Gasteiger partial charge in [-0.3, -0.25) is 0 Å². The van der Waals surface area contributed by atoms with Crippen molar-refractivity contribution in [3.8, 4) is 0 Å². The minimum atomic E-state index is -0.116. The van der Waals surface area contributed by atoms with Crippen molar-refractivity contribution in [2.45, 2.75) is 38.4 Å². The van der Waals surface area contributed by atoms with Crippen molar-refractivity contribution in [1.82, 2.24) is 0 Å². The molecule has 0 amide bonds. The minimum absolute atomic E-state index is 0.116. The summed E-state index contributed by atoms with van der Waals surface area (Å²) in [6.45, 7) is 1.99. The zero-order valence-corrected chi connectivity index (χ0v) is 6.71. The van der Waals surface area contributed by atoms with Crippen molar-refractivity contribution in [2.24, 2.45) is 5.92 Å². The number of methoxy groups -OCH3 is 1. The molecule has 2 heteroatoms. The second kappa shape index (κ2) is 3.35. The monoisotopic (exact) mass is 144 g/mol. The zero-order valence-electron chi connectivity index (χ0n) is 6.71. The van der Waals surface area contributed by atoms with Gasteiger partial charge in [0.2, 0.25) is 0 Å². The highest BCUT2D eigenvalue weighted by Gasteiger charge is 2.30. The van der Waals surface area contributed by atoms with Crippen molar-refractivity contribution in [3.63, 3.8) is 0 Å². The van der Waals surface area contributed by atoms with Crippen molar-refractivity contribution < 1.29 is 9.84 Å². The lowest BCUT2D eigenvalue weighted by Gasteiger charge is -2.13. The molecule has 0 aromatic heterocycles. The Balaban J connectivity index is 2.10. The average Bonchev–Trinajstić information content (AvgIpc) is 2.68. The summed E-state index contributed by atoms with van der Waals surface area (Å²) in [6, 6.07) is 0. The zero-order chi connectivity index (χ0) is 7.56. The number of rotatable bonds is 4. The summed E-state index contributed by atoms with van der Waals surface area (Å²) in [6.07, 6.45) is 3.29. The van der Waals surface area contributed by atoms with Gasteiger partial charge in [0.25, 0.3) is 0 Å². The van der Waals surface area contributed by atoms with Crippen molar-refractivity contribution in [1.29, 1.82) is 0 Å². The second-order valence-corrected chi connectivity index (χ2v) is 3.19. The second-order valence-electron chi connectivity index (χ2n) is 3.19. The van der Waals surface area contributed by atoms with Crippen LogP contribution in [-0.4, -0.2) is 24.4 Å². The molecule has 0 radical (unpaired) electrons. The van der Waals surface area contributed by atoms with E-state index in [1.807, 2.05) is 6.92 Å². The maximum atomic E-state index is 9.41. The number of aliphatic hydroxyl groups is 1. The fraction of sp³-hybridized carbons (Fsp3) is 1.00. The van der Waals surface area contributed by atoms with Gasteiger partial charge in [-0.25, -0.2) is 0 Å². The van der Waals surface area contributed by atoms with Crippen LogP contribution < -0.4 is 0 Å². The summed E-state index contributed by atoms with van der Waals surface area (Å²) >= 11 is 0. The van der Waals surface area contributed by atoms with E-state index in [4.69, 9.17) is 4.74 Å². The summed E-state index contributed by atoms with van der Waals surface area (Å²) in [4.78, 5) is 0. The van der Waals surface area contributed by atoms with Gasteiger partial charge in [0.05, 0.1) is 12.2 Å². The van der Waals surface area contributed by atoms with Gasteiger partial charge in [0, 0.05) is 7.11 Å². The summed E-state index contributed by atoms with van der Waals surface area (Å²) in [5, 5.41) is 9.41. The highest BCUT2D eigenvalue weighted by molar-refractivity contribution is 4.81. The SMILES string of the molecule is COC(C)CC(O)C1CC1. The molecule has 0 spiro atoms. The van der Waals surface area contributed by atoms with E-state index in [2.05, 4.69) is 0 Å². The normalized spacial score (nSPS) is 24.3. The molecule has 0 saturated heterocycles. The van der Waals surface area contributed by atoms with Crippen LogP contribution in [0.2, 0.25) is 0 Å². The van der Waals surface area contributed by atoms with Gasteiger partial charge < -0.3 is 9.84 Å². The molecule has 1 rings (SSSR count). The van der Waals surface area contributed by atoms with E-state index in [1.54, 1.807) is 7.11 Å². The number of ether oxygens (including phenoxy) is 1. The summed E-state index contributed by atoms with van der Waals surface area (Å²) in [5.41, 5.74) is 0. The fourth-order valence-electron chi connectivity index (χ4n) is 1.11. The van der Waals surface area contributed by atoms with Crippen LogP contribution in [0.1, 0.15) is 26.2 Å². The predicted molar refractivity (Wildman–Crippen MR) is 39.8 cm³/mol. The molecule has 2 unspecified atom stereocenters. The predicted octanol–water partition coefficient (Wildman–Crippen LogP) is 1.18. The van der Waals surface area contributed by atoms with Gasteiger partial charge in [-0.2, -0.15) is 0 Å². The molecule has 1 N–H and O–H groups in total. The van der Waals surface area contributed by atoms with Crippen molar-refractivity contribution in [3.05, 3.63) is 0 Å². The lowest BCUT2D eigenvalue weighted by atomic mass is 10.1. The Morgan fingerprint density at radius 2 is 2.20 bits per heavy atom. The summed E-state index contributed by atoms with van der Waals surface area (Å²) in [5.74, 6) is 0.581. The van der Waals surface area contributed by atoms with Gasteiger partial charge in [-0.05, 0) is 32.1 Å². The van der Waals surface area contributed by atoms with Crippen LogP contribution in [0.15, 0.2) is 0 Å². The largest absolute Gasteiger partial charge is 0.393 e. The number of hydrogen-bond donors (Lipinski definition) is 1. The topological polar surface area (TPSA) is 29.5 Å². The van der Waals surface area contributed by atoms with Crippen LogP contribution in [0.5, 0.6) is 0 Å². The van der Waals surface area contributed by atoms with Gasteiger partial charge in [0.15, 0.2) is 0 Å². The highest BCUT2D eigenvalue weighted by Crippen LogP contribution is 2.34. The highest BCUT2D eigenvalue weighted by atomic mass is 16.5. The molecule has 0 heterocycles. The van der Waals surface area contributed by atoms with Crippen LogP contribution >= 0.6 is 0 Å². The third-order valence-electron chi connectivity index (χ3n) is 2.14. The smallest absolute Gasteiger partial charge is 0.0593 e. The first-order valence-corrected chi connectivity index (χ1v) is 3.95. The van der Waals surface area contributed by atoms with Crippen molar-refractivity contribution >= 4 is 0 Å². The Morgan fingerprint density at radius 1 is 1.60 bits per heavy atom. The van der Waals surface area contributed by atoms with E-state index < -0.39 is 0 Å². The Kier molecular flexibility index (Phi) is 2.69. The third-order valence-corrected chi connectivity index (χ3v) is 2.14. The molecule has 2 atom stereocenters. The number of aliphatic hydroxyl groups excluding tert-OH is 1. The molecule has 10 heavy (non-hydrogen) atoms. The molecule has 0 aliphatic heterocycles. The fourth-order valence-corrected chi connectivity index (χ4v) is 1.11. The van der Waals surface area contributed by atoms with Crippen molar-refractivity contribution in [2.75, 3.05) is 7.11 Å². The molecule has 1 fully saturated rings. The van der Waals surface area contributed by atoms with Crippen LogP contribution in [0, 0.1) is 5.92 Å². The molecule has 1 aliphatic carbocycles. The lowest BCUT2D eigenvalue weighted by Crippen LogP contribution is -2.18. The first-order chi connectivity index (χ1) is 4.74. The molecule has 0 aromatic carbocycles. The van der Waals surface area contributed by atoms with E-state index in [9.17, 15) is 5.11 Å². The standard InChI is InChI=1S/C8H16O2/c1-6(10-2)5-8(9)7-3-4-7/h6-9H,3-5H2,1-2H3. The molecule has 2 nitrogen and oxygen atoms in total.